The summed E-state index contributed by atoms with van der Waals surface area (Å²) in [6.45, 7) is 10.7. The van der Waals surface area contributed by atoms with E-state index in [1.54, 1.807) is 0 Å². The molecule has 2 fully saturated rings. The summed E-state index contributed by atoms with van der Waals surface area (Å²) in [5.74, 6) is 0.470. The molecule has 2 aliphatic heterocycles. The topological polar surface area (TPSA) is 34.6 Å². The Kier molecular flexibility index (Phi) is 3.11. The van der Waals surface area contributed by atoms with Crippen molar-refractivity contribution >= 4 is 18.4 Å². The molecular weight excluding hydrogens is 275 g/mol. The van der Waals surface area contributed by atoms with Crippen molar-refractivity contribution in [2.75, 3.05) is 11.4 Å². The maximum atomic E-state index is 8.67. The summed E-state index contributed by atoms with van der Waals surface area (Å²) in [6.07, 6.45) is 3.13. The van der Waals surface area contributed by atoms with Crippen molar-refractivity contribution < 1.29 is 13.4 Å². The highest BCUT2D eigenvalue weighted by molar-refractivity contribution is 6.62. The molecule has 3 rings (SSSR count). The molecule has 0 radical (unpaired) electrons. The molecule has 5 heteroatoms. The first kappa shape index (κ1) is 12.4. The van der Waals surface area contributed by atoms with Gasteiger partial charge in [-0.15, -0.1) is 0 Å². The summed E-state index contributed by atoms with van der Waals surface area (Å²) in [7, 11) is -0.823. The highest BCUT2D eigenvalue weighted by atomic mass is 16.7. The number of piperidine rings is 1. The first-order valence-corrected chi connectivity index (χ1v) is 8.15. The fourth-order valence-corrected chi connectivity index (χ4v) is 2.95. The second-order valence-electron chi connectivity index (χ2n) is 7.34. The lowest BCUT2D eigenvalue weighted by molar-refractivity contribution is 0.00578. The Morgan fingerprint density at radius 1 is 1.27 bits per heavy atom. The second-order valence-corrected chi connectivity index (χ2v) is 7.34. The zero-order chi connectivity index (χ0) is 18.6. The number of nitrogens with zero attached hydrogens (tertiary/aromatic N) is 2. The van der Waals surface area contributed by atoms with E-state index in [4.69, 9.17) is 13.4 Å². The lowest BCUT2D eigenvalue weighted by Gasteiger charge is -2.34. The van der Waals surface area contributed by atoms with E-state index in [1.807, 2.05) is 27.7 Å². The molecule has 0 saturated carbocycles. The summed E-state index contributed by atoms with van der Waals surface area (Å²) >= 11 is 0. The smallest absolute Gasteiger partial charge is 0.399 e. The van der Waals surface area contributed by atoms with Gasteiger partial charge in [-0.1, -0.05) is 0 Å². The Labute approximate surface area is 138 Å². The second kappa shape index (κ2) is 5.53. The molecule has 4 nitrogen and oxygen atoms in total. The maximum Gasteiger partial charge on any atom is 0.495 e. The third-order valence-electron chi connectivity index (χ3n) is 5.16. The molecule has 1 unspecified atom stereocenters. The van der Waals surface area contributed by atoms with Gasteiger partial charge in [0, 0.05) is 18.8 Å². The van der Waals surface area contributed by atoms with E-state index < -0.39 is 18.3 Å². The highest BCUT2D eigenvalue weighted by Gasteiger charge is 2.51. The minimum absolute atomic E-state index is 0.0862. The van der Waals surface area contributed by atoms with Gasteiger partial charge in [-0.2, -0.15) is 0 Å². The van der Waals surface area contributed by atoms with Crippen LogP contribution in [0.2, 0.25) is 0 Å². The fraction of sp³-hybridized carbons (Fsp3) is 0.706. The zero-order valence-corrected chi connectivity index (χ0v) is 14.2. The number of aromatic nitrogens is 1. The quantitative estimate of drug-likeness (QED) is 0.787. The Hall–Kier alpha value is -1.07. The third kappa shape index (κ3) is 2.76. The number of anilines is 1. The number of hydrogen-bond donors (Lipinski definition) is 0. The van der Waals surface area contributed by atoms with Crippen molar-refractivity contribution in [2.45, 2.75) is 71.1 Å². The van der Waals surface area contributed by atoms with Gasteiger partial charge in [0.1, 0.15) is 5.82 Å². The van der Waals surface area contributed by atoms with E-state index in [1.165, 1.54) is 6.42 Å². The Bertz CT molecular complexity index is 668. The Morgan fingerprint density at radius 3 is 2.59 bits per heavy atom. The van der Waals surface area contributed by atoms with E-state index in [2.05, 4.69) is 16.8 Å². The molecule has 120 valence electrons. The lowest BCUT2D eigenvalue weighted by Crippen LogP contribution is -2.41. The van der Waals surface area contributed by atoms with Gasteiger partial charge in [-0.25, -0.2) is 4.98 Å². The van der Waals surface area contributed by atoms with Gasteiger partial charge in [0.15, 0.2) is 0 Å². The van der Waals surface area contributed by atoms with Crippen molar-refractivity contribution in [3.05, 3.63) is 18.3 Å². The van der Waals surface area contributed by atoms with Crippen LogP contribution in [0.5, 0.6) is 0 Å². The molecule has 2 saturated heterocycles. The molecule has 0 aromatic carbocycles. The monoisotopic (exact) mass is 305 g/mol. The molecule has 22 heavy (non-hydrogen) atoms. The highest BCUT2D eigenvalue weighted by Crippen LogP contribution is 2.36. The van der Waals surface area contributed by atoms with Gasteiger partial charge in [-0.05, 0) is 71.4 Å². The van der Waals surface area contributed by atoms with E-state index in [0.717, 1.165) is 19.4 Å². The summed E-state index contributed by atoms with van der Waals surface area (Å²) in [4.78, 5) is 6.34. The van der Waals surface area contributed by atoms with Crippen LogP contribution in [-0.2, 0) is 9.31 Å². The van der Waals surface area contributed by atoms with Gasteiger partial charge < -0.3 is 14.2 Å². The molecule has 0 spiro atoms. The molecule has 0 aliphatic carbocycles. The van der Waals surface area contributed by atoms with E-state index in [9.17, 15) is 0 Å². The number of rotatable bonds is 2. The molecule has 3 heterocycles. The standard InChI is InChI=1S/C17H27BN2O2/c1-13-8-6-7-11-20(13)15-12-14(9-10-19-15)18-21-16(2,3)17(4,5)22-18/h9-10,12-13H,6-8,11H2,1-5H3/i9D,10D,12D. The van der Waals surface area contributed by atoms with Crippen LogP contribution in [0.1, 0.15) is 58.0 Å². The SMILES string of the molecule is [2H]c1nc(N2CCCCC2C)c([2H])c(B2OC(C)(C)C(C)(C)O2)c1[2H]. The molecule has 1 aromatic rings. The lowest BCUT2D eigenvalue weighted by atomic mass is 9.79. The van der Waals surface area contributed by atoms with Crippen LogP contribution in [0.15, 0.2) is 18.3 Å². The van der Waals surface area contributed by atoms with Gasteiger partial charge >= 0.3 is 7.12 Å². The van der Waals surface area contributed by atoms with Gasteiger partial charge in [0.05, 0.1) is 15.3 Å². The number of pyridine rings is 1. The molecule has 0 bridgehead atoms. The molecule has 0 N–H and O–H groups in total. The predicted molar refractivity (Wildman–Crippen MR) is 90.6 cm³/mol. The van der Waals surface area contributed by atoms with Crippen LogP contribution in [0.25, 0.3) is 0 Å². The zero-order valence-electron chi connectivity index (χ0n) is 17.2. The van der Waals surface area contributed by atoms with E-state index in [0.29, 0.717) is 11.3 Å². The van der Waals surface area contributed by atoms with Gasteiger partial charge in [0.25, 0.3) is 0 Å². The Balaban J connectivity index is 2.06. The molecular formula is C17H27BN2O2. The van der Waals surface area contributed by atoms with Crippen LogP contribution < -0.4 is 10.4 Å². The average molecular weight is 305 g/mol. The van der Waals surface area contributed by atoms with Crippen molar-refractivity contribution in [1.82, 2.24) is 4.98 Å². The van der Waals surface area contributed by atoms with Crippen molar-refractivity contribution in [3.63, 3.8) is 0 Å². The van der Waals surface area contributed by atoms with E-state index >= 15 is 0 Å². The van der Waals surface area contributed by atoms with Crippen LogP contribution in [0.4, 0.5) is 5.82 Å². The number of hydrogen-bond acceptors (Lipinski definition) is 4. The van der Waals surface area contributed by atoms with Crippen LogP contribution in [0.3, 0.4) is 0 Å². The Morgan fingerprint density at radius 2 is 1.95 bits per heavy atom. The van der Waals surface area contributed by atoms with Crippen LogP contribution in [-0.4, -0.2) is 35.9 Å². The van der Waals surface area contributed by atoms with Crippen LogP contribution >= 0.6 is 0 Å². The molecule has 1 aromatic heterocycles. The van der Waals surface area contributed by atoms with Gasteiger partial charge in [0.2, 0.25) is 0 Å². The maximum absolute atomic E-state index is 8.67. The summed E-state index contributed by atoms with van der Waals surface area (Å²) in [5.41, 5.74) is -0.798. The molecule has 2 aliphatic rings. The minimum atomic E-state index is -0.823. The van der Waals surface area contributed by atoms with Crippen LogP contribution in [0, 0.1) is 0 Å². The minimum Gasteiger partial charge on any atom is -0.399 e. The molecule has 1 atom stereocenters. The normalized spacial score (nSPS) is 29.1. The van der Waals surface area contributed by atoms with Gasteiger partial charge in [-0.3, -0.25) is 0 Å². The van der Waals surface area contributed by atoms with Crippen molar-refractivity contribution in [3.8, 4) is 0 Å². The average Bonchev–Trinajstić information content (AvgIpc) is 2.72. The third-order valence-corrected chi connectivity index (χ3v) is 5.16. The fourth-order valence-electron chi connectivity index (χ4n) is 2.95. The summed E-state index contributed by atoms with van der Waals surface area (Å²) in [6, 6.07) is 0.331. The van der Waals surface area contributed by atoms with Crippen molar-refractivity contribution in [1.29, 1.82) is 0 Å². The largest absolute Gasteiger partial charge is 0.495 e. The predicted octanol–water partition coefficient (Wildman–Crippen LogP) is 2.76. The van der Waals surface area contributed by atoms with E-state index in [-0.39, 0.29) is 24.3 Å². The first-order valence-electron chi connectivity index (χ1n) is 9.65. The summed E-state index contributed by atoms with van der Waals surface area (Å²) < 4.78 is 37.2. The molecule has 0 amide bonds. The van der Waals surface area contributed by atoms with Crippen molar-refractivity contribution in [2.24, 2.45) is 0 Å². The first-order chi connectivity index (χ1) is 11.5. The summed E-state index contributed by atoms with van der Waals surface area (Å²) in [5, 5.41) is 0.